The monoisotopic (exact) mass is 285 g/mol. The number of carbonyl (C=O) groups excluding carboxylic acids is 1. The van der Waals surface area contributed by atoms with Crippen molar-refractivity contribution in [1.82, 2.24) is 10.0 Å². The summed E-state index contributed by atoms with van der Waals surface area (Å²) in [5.74, 6) is -0.308. The fourth-order valence-corrected chi connectivity index (χ4v) is 2.10. The number of nitrogens with one attached hydrogen (secondary N) is 2. The molecule has 0 heterocycles. The summed E-state index contributed by atoms with van der Waals surface area (Å²) < 4.78 is 24.4. The van der Waals surface area contributed by atoms with Gasteiger partial charge in [-0.1, -0.05) is 18.2 Å². The molecule has 0 atom stereocenters. The third-order valence-electron chi connectivity index (χ3n) is 2.68. The summed E-state index contributed by atoms with van der Waals surface area (Å²) in [6, 6.07) is 7.35. The molecule has 0 spiro atoms. The highest BCUT2D eigenvalue weighted by Crippen LogP contribution is 2.12. The molecule has 0 fully saturated rings. The number of nitrogen functional groups attached to an aromatic ring is 1. The normalized spacial score (nSPS) is 11.2. The van der Waals surface area contributed by atoms with Crippen LogP contribution in [0.1, 0.15) is 12.0 Å². The van der Waals surface area contributed by atoms with Gasteiger partial charge in [0.25, 0.3) is 0 Å². The molecule has 1 aromatic rings. The summed E-state index contributed by atoms with van der Waals surface area (Å²) >= 11 is 0. The van der Waals surface area contributed by atoms with Crippen LogP contribution in [-0.4, -0.2) is 33.7 Å². The van der Waals surface area contributed by atoms with E-state index in [0.717, 1.165) is 5.56 Å². The number of rotatable bonds is 7. The van der Waals surface area contributed by atoms with E-state index < -0.39 is 10.0 Å². The van der Waals surface area contributed by atoms with E-state index in [4.69, 9.17) is 5.73 Å². The second-order valence-electron chi connectivity index (χ2n) is 4.07. The maximum atomic E-state index is 11.5. The summed E-state index contributed by atoms with van der Waals surface area (Å²) in [6.45, 7) is 0.103. The molecule has 106 valence electrons. The largest absolute Gasteiger partial charge is 0.399 e. The van der Waals surface area contributed by atoms with Crippen molar-refractivity contribution in [2.45, 2.75) is 12.8 Å². The van der Waals surface area contributed by atoms with Gasteiger partial charge >= 0.3 is 0 Å². The molecule has 0 saturated heterocycles. The van der Waals surface area contributed by atoms with Crippen LogP contribution in [-0.2, 0) is 21.2 Å². The van der Waals surface area contributed by atoms with Crippen LogP contribution in [0.15, 0.2) is 24.3 Å². The van der Waals surface area contributed by atoms with Gasteiger partial charge in [0.2, 0.25) is 15.9 Å². The van der Waals surface area contributed by atoms with Crippen LogP contribution in [0.2, 0.25) is 0 Å². The van der Waals surface area contributed by atoms with E-state index >= 15 is 0 Å². The number of nitrogens with two attached hydrogens (primary N) is 1. The molecule has 1 rings (SSSR count). The third kappa shape index (κ3) is 5.71. The number of benzene rings is 1. The van der Waals surface area contributed by atoms with Gasteiger partial charge in [0, 0.05) is 18.7 Å². The smallest absolute Gasteiger partial charge is 0.220 e. The van der Waals surface area contributed by atoms with Crippen LogP contribution in [0.3, 0.4) is 0 Å². The molecular formula is C12H19N3O3S. The quantitative estimate of drug-likeness (QED) is 0.607. The van der Waals surface area contributed by atoms with E-state index in [1.807, 2.05) is 18.2 Å². The van der Waals surface area contributed by atoms with Gasteiger partial charge in [-0.2, -0.15) is 0 Å². The minimum atomic E-state index is -3.27. The predicted molar refractivity (Wildman–Crippen MR) is 75.0 cm³/mol. The second kappa shape index (κ2) is 7.10. The van der Waals surface area contributed by atoms with Crippen LogP contribution in [0, 0.1) is 0 Å². The summed E-state index contributed by atoms with van der Waals surface area (Å²) in [5.41, 5.74) is 7.34. The average molecular weight is 285 g/mol. The first-order valence-electron chi connectivity index (χ1n) is 5.96. The Morgan fingerprint density at radius 1 is 1.32 bits per heavy atom. The molecule has 0 aliphatic heterocycles. The first kappa shape index (κ1) is 15.5. The standard InChI is InChI=1S/C12H19N3O3S/c1-14-19(17,18)9-8-15-12(16)7-6-10-4-2-3-5-11(10)13/h2-5,14H,6-9,13H2,1H3,(H,15,16). The van der Waals surface area contributed by atoms with E-state index in [9.17, 15) is 13.2 Å². The van der Waals surface area contributed by atoms with Gasteiger partial charge in [0.15, 0.2) is 0 Å². The molecular weight excluding hydrogens is 266 g/mol. The molecule has 0 unspecified atom stereocenters. The Morgan fingerprint density at radius 2 is 2.00 bits per heavy atom. The van der Waals surface area contributed by atoms with Crippen molar-refractivity contribution in [2.24, 2.45) is 0 Å². The van der Waals surface area contributed by atoms with Crippen molar-refractivity contribution in [3.8, 4) is 0 Å². The average Bonchev–Trinajstić information content (AvgIpc) is 2.37. The van der Waals surface area contributed by atoms with Crippen molar-refractivity contribution < 1.29 is 13.2 Å². The summed E-state index contributed by atoms with van der Waals surface area (Å²) in [4.78, 5) is 11.5. The molecule has 1 aromatic carbocycles. The molecule has 0 radical (unpaired) electrons. The Balaban J connectivity index is 2.31. The molecule has 0 aromatic heterocycles. The van der Waals surface area contributed by atoms with Crippen LogP contribution in [0.5, 0.6) is 0 Å². The fourth-order valence-electron chi connectivity index (χ4n) is 1.53. The third-order valence-corrected chi connectivity index (χ3v) is 4.04. The summed E-state index contributed by atoms with van der Waals surface area (Å²) in [7, 11) is -1.93. The Morgan fingerprint density at radius 3 is 2.63 bits per heavy atom. The zero-order valence-corrected chi connectivity index (χ0v) is 11.7. The van der Waals surface area contributed by atoms with E-state index in [2.05, 4.69) is 10.0 Å². The van der Waals surface area contributed by atoms with E-state index in [1.54, 1.807) is 6.07 Å². The first-order valence-corrected chi connectivity index (χ1v) is 7.61. The van der Waals surface area contributed by atoms with Crippen LogP contribution >= 0.6 is 0 Å². The minimum Gasteiger partial charge on any atom is -0.399 e. The summed E-state index contributed by atoms with van der Waals surface area (Å²) in [5, 5.41) is 2.56. The number of sulfonamides is 1. The Labute approximate surface area is 113 Å². The van der Waals surface area contributed by atoms with Crippen molar-refractivity contribution >= 4 is 21.6 Å². The zero-order valence-electron chi connectivity index (χ0n) is 10.8. The highest BCUT2D eigenvalue weighted by atomic mass is 32.2. The van der Waals surface area contributed by atoms with Crippen molar-refractivity contribution in [3.05, 3.63) is 29.8 Å². The number of carbonyl (C=O) groups is 1. The predicted octanol–water partition coefficient (Wildman–Crippen LogP) is -0.133. The maximum Gasteiger partial charge on any atom is 0.220 e. The van der Waals surface area contributed by atoms with Gasteiger partial charge in [-0.25, -0.2) is 13.1 Å². The lowest BCUT2D eigenvalue weighted by molar-refractivity contribution is -0.120. The van der Waals surface area contributed by atoms with Gasteiger partial charge in [-0.3, -0.25) is 4.79 Å². The Hall–Kier alpha value is -1.60. The molecule has 6 nitrogen and oxygen atoms in total. The number of hydrogen-bond acceptors (Lipinski definition) is 4. The molecule has 0 bridgehead atoms. The minimum absolute atomic E-state index is 0.103. The van der Waals surface area contributed by atoms with Crippen molar-refractivity contribution in [1.29, 1.82) is 0 Å². The highest BCUT2D eigenvalue weighted by molar-refractivity contribution is 7.89. The van der Waals surface area contributed by atoms with Crippen LogP contribution in [0.25, 0.3) is 0 Å². The molecule has 4 N–H and O–H groups in total. The van der Waals surface area contributed by atoms with E-state index in [1.165, 1.54) is 7.05 Å². The first-order chi connectivity index (χ1) is 8.94. The number of amides is 1. The molecule has 19 heavy (non-hydrogen) atoms. The molecule has 0 aliphatic rings. The molecule has 1 amide bonds. The number of aryl methyl sites for hydroxylation is 1. The van der Waals surface area contributed by atoms with Gasteiger partial charge in [-0.15, -0.1) is 0 Å². The Bertz CT molecular complexity index is 529. The zero-order chi connectivity index (χ0) is 14.3. The molecule has 0 saturated carbocycles. The second-order valence-corrected chi connectivity index (χ2v) is 6.12. The summed E-state index contributed by atoms with van der Waals surface area (Å²) in [6.07, 6.45) is 0.825. The molecule has 0 aliphatic carbocycles. The SMILES string of the molecule is CNS(=O)(=O)CCNC(=O)CCc1ccccc1N. The van der Waals surface area contributed by atoms with E-state index in [-0.39, 0.29) is 24.6 Å². The van der Waals surface area contributed by atoms with E-state index in [0.29, 0.717) is 12.1 Å². The number of anilines is 1. The maximum absolute atomic E-state index is 11.5. The lowest BCUT2D eigenvalue weighted by Gasteiger charge is -2.07. The lowest BCUT2D eigenvalue weighted by atomic mass is 10.1. The topological polar surface area (TPSA) is 101 Å². The van der Waals surface area contributed by atoms with Gasteiger partial charge in [0.1, 0.15) is 0 Å². The lowest BCUT2D eigenvalue weighted by Crippen LogP contribution is -2.33. The Kier molecular flexibility index (Phi) is 5.78. The number of para-hydroxylation sites is 1. The number of hydrogen-bond donors (Lipinski definition) is 3. The van der Waals surface area contributed by atoms with Gasteiger partial charge in [-0.05, 0) is 25.1 Å². The van der Waals surface area contributed by atoms with Crippen LogP contribution in [0.4, 0.5) is 5.69 Å². The fraction of sp³-hybridized carbons (Fsp3) is 0.417. The van der Waals surface area contributed by atoms with Crippen LogP contribution < -0.4 is 15.8 Å². The van der Waals surface area contributed by atoms with Gasteiger partial charge in [0.05, 0.1) is 5.75 Å². The van der Waals surface area contributed by atoms with Crippen molar-refractivity contribution in [2.75, 3.05) is 25.1 Å². The van der Waals surface area contributed by atoms with Crippen molar-refractivity contribution in [3.63, 3.8) is 0 Å². The molecule has 7 heteroatoms. The van der Waals surface area contributed by atoms with Gasteiger partial charge < -0.3 is 11.1 Å². The highest BCUT2D eigenvalue weighted by Gasteiger charge is 2.08.